The largest absolute Gasteiger partial charge is 0.465 e. The normalized spacial score (nSPS) is 12.1. The van der Waals surface area contributed by atoms with Crippen molar-refractivity contribution < 1.29 is 33.6 Å². The topological polar surface area (TPSA) is 91.3 Å². The predicted molar refractivity (Wildman–Crippen MR) is 158 cm³/mol. The van der Waals surface area contributed by atoms with Gasteiger partial charge in [-0.2, -0.15) is 0 Å². The zero-order chi connectivity index (χ0) is 28.8. The SMILES string of the molecule is CCCCCCCCOC(CCC(=O)OCC(CO)COC(=O)CCCCCCC)OCCCCCCCC. The maximum absolute atomic E-state index is 12.4. The molecule has 0 bridgehead atoms. The quantitative estimate of drug-likeness (QED) is 0.0544. The summed E-state index contributed by atoms with van der Waals surface area (Å²) in [7, 11) is 0. The van der Waals surface area contributed by atoms with E-state index in [4.69, 9.17) is 18.9 Å². The number of unbranched alkanes of at least 4 members (excludes halogenated alkanes) is 14. The molecule has 0 aromatic rings. The molecule has 1 unspecified atom stereocenters. The van der Waals surface area contributed by atoms with E-state index in [0.29, 0.717) is 26.1 Å². The second-order valence-corrected chi connectivity index (χ2v) is 10.8. The Kier molecular flexibility index (Phi) is 28.9. The van der Waals surface area contributed by atoms with Crippen LogP contribution in [-0.2, 0) is 28.5 Å². The van der Waals surface area contributed by atoms with Crippen LogP contribution in [0.4, 0.5) is 0 Å². The number of esters is 2. The van der Waals surface area contributed by atoms with Gasteiger partial charge >= 0.3 is 11.9 Å². The molecule has 0 aliphatic rings. The minimum atomic E-state index is -0.415. The van der Waals surface area contributed by atoms with Gasteiger partial charge in [0.1, 0.15) is 0 Å². The summed E-state index contributed by atoms with van der Waals surface area (Å²) in [5.41, 5.74) is 0. The van der Waals surface area contributed by atoms with Crippen molar-refractivity contribution in [3.8, 4) is 0 Å². The highest BCUT2D eigenvalue weighted by Crippen LogP contribution is 2.12. The molecule has 1 N–H and O–H groups in total. The Morgan fingerprint density at radius 2 is 0.974 bits per heavy atom. The molecule has 0 amide bonds. The van der Waals surface area contributed by atoms with Crippen LogP contribution in [0.2, 0.25) is 0 Å². The maximum atomic E-state index is 12.4. The number of rotatable bonds is 30. The minimum absolute atomic E-state index is 0.0288. The first-order valence-corrected chi connectivity index (χ1v) is 16.2. The van der Waals surface area contributed by atoms with Gasteiger partial charge in [0.15, 0.2) is 6.29 Å². The Balaban J connectivity index is 4.27. The zero-order valence-corrected chi connectivity index (χ0v) is 25.7. The van der Waals surface area contributed by atoms with Gasteiger partial charge in [-0.3, -0.25) is 9.59 Å². The molecule has 1 atom stereocenters. The van der Waals surface area contributed by atoms with Crippen LogP contribution in [0.25, 0.3) is 0 Å². The summed E-state index contributed by atoms with van der Waals surface area (Å²) < 4.78 is 22.6. The second kappa shape index (κ2) is 29.8. The first kappa shape index (κ1) is 37.8. The molecular formula is C32H62O7. The fourth-order valence-electron chi connectivity index (χ4n) is 4.24. The van der Waals surface area contributed by atoms with E-state index in [9.17, 15) is 14.7 Å². The molecule has 0 rings (SSSR count). The highest BCUT2D eigenvalue weighted by atomic mass is 16.7. The number of ether oxygens (including phenoxy) is 4. The Hall–Kier alpha value is -1.18. The van der Waals surface area contributed by atoms with E-state index in [1.165, 1.54) is 64.2 Å². The van der Waals surface area contributed by atoms with Crippen LogP contribution in [0, 0.1) is 5.92 Å². The molecule has 0 saturated carbocycles. The van der Waals surface area contributed by atoms with Crippen LogP contribution in [-0.4, -0.2) is 56.4 Å². The van der Waals surface area contributed by atoms with Gasteiger partial charge in [-0.05, 0) is 19.3 Å². The first-order chi connectivity index (χ1) is 19.1. The zero-order valence-electron chi connectivity index (χ0n) is 25.7. The fourth-order valence-corrected chi connectivity index (χ4v) is 4.24. The summed E-state index contributed by atoms with van der Waals surface area (Å²) in [4.78, 5) is 24.3. The number of hydrogen-bond donors (Lipinski definition) is 1. The molecule has 0 fully saturated rings. The molecule has 0 heterocycles. The van der Waals surface area contributed by atoms with Crippen molar-refractivity contribution in [3.63, 3.8) is 0 Å². The predicted octanol–water partition coefficient (Wildman–Crippen LogP) is 7.90. The number of hydrogen-bond acceptors (Lipinski definition) is 7. The van der Waals surface area contributed by atoms with Crippen molar-refractivity contribution in [3.05, 3.63) is 0 Å². The monoisotopic (exact) mass is 558 g/mol. The summed E-state index contributed by atoms with van der Waals surface area (Å²) in [6, 6.07) is 0. The third-order valence-electron chi connectivity index (χ3n) is 6.89. The molecule has 232 valence electrons. The van der Waals surface area contributed by atoms with Gasteiger partial charge in [-0.15, -0.1) is 0 Å². The molecule has 0 saturated heterocycles. The van der Waals surface area contributed by atoms with Gasteiger partial charge in [0.2, 0.25) is 0 Å². The molecule has 7 nitrogen and oxygen atoms in total. The third-order valence-corrected chi connectivity index (χ3v) is 6.89. The van der Waals surface area contributed by atoms with Crippen molar-refractivity contribution in [2.24, 2.45) is 5.92 Å². The van der Waals surface area contributed by atoms with E-state index in [1.54, 1.807) is 0 Å². The van der Waals surface area contributed by atoms with E-state index in [-0.39, 0.29) is 38.2 Å². The Morgan fingerprint density at radius 1 is 0.564 bits per heavy atom. The fraction of sp³-hybridized carbons (Fsp3) is 0.938. The minimum Gasteiger partial charge on any atom is -0.465 e. The van der Waals surface area contributed by atoms with Crippen LogP contribution in [0.15, 0.2) is 0 Å². The van der Waals surface area contributed by atoms with Gasteiger partial charge in [-0.1, -0.05) is 111 Å². The van der Waals surface area contributed by atoms with Crippen LogP contribution in [0.5, 0.6) is 0 Å². The van der Waals surface area contributed by atoms with Crippen LogP contribution >= 0.6 is 0 Å². The summed E-state index contributed by atoms with van der Waals surface area (Å²) >= 11 is 0. The van der Waals surface area contributed by atoms with E-state index < -0.39 is 12.2 Å². The summed E-state index contributed by atoms with van der Waals surface area (Å²) in [6.07, 6.45) is 20.3. The van der Waals surface area contributed by atoms with Crippen LogP contribution in [0.3, 0.4) is 0 Å². The van der Waals surface area contributed by atoms with Crippen molar-refractivity contribution in [1.82, 2.24) is 0 Å². The molecule has 39 heavy (non-hydrogen) atoms. The molecule has 7 heteroatoms. The lowest BCUT2D eigenvalue weighted by Crippen LogP contribution is -2.25. The number of aliphatic hydroxyl groups excluding tert-OH is 1. The van der Waals surface area contributed by atoms with Crippen LogP contribution in [0.1, 0.15) is 149 Å². The van der Waals surface area contributed by atoms with Crippen molar-refractivity contribution in [2.45, 2.75) is 155 Å². The first-order valence-electron chi connectivity index (χ1n) is 16.2. The van der Waals surface area contributed by atoms with Gasteiger partial charge in [0.25, 0.3) is 0 Å². The lowest BCUT2D eigenvalue weighted by atomic mass is 10.1. The summed E-state index contributed by atoms with van der Waals surface area (Å²) in [5.74, 6) is -1.03. The Morgan fingerprint density at radius 3 is 1.44 bits per heavy atom. The van der Waals surface area contributed by atoms with Crippen molar-refractivity contribution >= 4 is 11.9 Å². The number of carbonyl (C=O) groups excluding carboxylic acids is 2. The molecule has 0 spiro atoms. The van der Waals surface area contributed by atoms with Gasteiger partial charge < -0.3 is 24.1 Å². The lowest BCUT2D eigenvalue weighted by Gasteiger charge is -2.19. The van der Waals surface area contributed by atoms with Gasteiger partial charge in [0.05, 0.1) is 32.2 Å². The van der Waals surface area contributed by atoms with Gasteiger partial charge in [0, 0.05) is 26.1 Å². The van der Waals surface area contributed by atoms with Crippen LogP contribution < -0.4 is 0 Å². The van der Waals surface area contributed by atoms with Gasteiger partial charge in [-0.25, -0.2) is 0 Å². The Bertz CT molecular complexity index is 523. The lowest BCUT2D eigenvalue weighted by molar-refractivity contribution is -0.161. The van der Waals surface area contributed by atoms with Crippen molar-refractivity contribution in [1.29, 1.82) is 0 Å². The Labute approximate surface area is 240 Å². The molecule has 0 aliphatic heterocycles. The molecular weight excluding hydrogens is 496 g/mol. The number of carbonyl (C=O) groups is 2. The second-order valence-electron chi connectivity index (χ2n) is 10.8. The molecule has 0 aromatic carbocycles. The highest BCUT2D eigenvalue weighted by molar-refractivity contribution is 5.69. The van der Waals surface area contributed by atoms with Crippen molar-refractivity contribution in [2.75, 3.05) is 33.0 Å². The van der Waals surface area contributed by atoms with E-state index in [2.05, 4.69) is 20.8 Å². The smallest absolute Gasteiger partial charge is 0.305 e. The average molecular weight is 559 g/mol. The summed E-state index contributed by atoms with van der Waals surface area (Å²) in [5, 5.41) is 9.60. The molecule has 0 aliphatic carbocycles. The molecule has 0 radical (unpaired) electrons. The third kappa shape index (κ3) is 26.8. The summed E-state index contributed by atoms with van der Waals surface area (Å²) in [6.45, 7) is 7.75. The van der Waals surface area contributed by atoms with E-state index in [1.807, 2.05) is 0 Å². The highest BCUT2D eigenvalue weighted by Gasteiger charge is 2.17. The average Bonchev–Trinajstić information content (AvgIpc) is 2.94. The molecule has 0 aromatic heterocycles. The van der Waals surface area contributed by atoms with E-state index >= 15 is 0 Å². The maximum Gasteiger partial charge on any atom is 0.305 e. The number of aliphatic hydroxyl groups is 1. The van der Waals surface area contributed by atoms with E-state index in [0.717, 1.165) is 44.9 Å². The standard InChI is InChI=1S/C32H62O7/c1-4-7-10-13-16-19-24-36-32(37-25-20-17-14-11-8-5-2)23-22-31(35)39-28-29(26-33)27-38-30(34)21-18-15-12-9-6-3/h29,32-33H,4-28H2,1-3H3.